The highest BCUT2D eigenvalue weighted by Crippen LogP contribution is 2.25. The molecule has 0 bridgehead atoms. The molecule has 0 aliphatic heterocycles. The Morgan fingerprint density at radius 2 is 1.55 bits per heavy atom. The van der Waals surface area contributed by atoms with Gasteiger partial charge in [0.15, 0.2) is 6.61 Å². The Kier molecular flexibility index (Phi) is 11.9. The van der Waals surface area contributed by atoms with Crippen molar-refractivity contribution in [1.82, 2.24) is 19.2 Å². The average Bonchev–Trinajstić information content (AvgIpc) is 3.49. The number of sulfonamides is 1. The number of carbonyl (C=O) groups is 1. The van der Waals surface area contributed by atoms with Crippen LogP contribution in [0.1, 0.15) is 36.1 Å². The maximum absolute atomic E-state index is 14.3. The van der Waals surface area contributed by atoms with Crippen LogP contribution in [0.5, 0.6) is 5.75 Å². The normalized spacial score (nSPS) is 13.1. The van der Waals surface area contributed by atoms with Gasteiger partial charge in [0.2, 0.25) is 10.0 Å². The van der Waals surface area contributed by atoms with Gasteiger partial charge in [-0.05, 0) is 73.1 Å². The SMILES string of the molecule is Cc1cccc(C)c1OCC(=O)N[C@@H](Cc1ccccc1)[C@H](O)CN(CC(C)C)S(=O)(=O)c1ccc2ncn(CCc3ccccc3)c2c1. The van der Waals surface area contributed by atoms with Crippen LogP contribution in [0.2, 0.25) is 0 Å². The summed E-state index contributed by atoms with van der Waals surface area (Å²) in [4.78, 5) is 17.8. The number of benzene rings is 4. The molecule has 0 saturated carbocycles. The summed E-state index contributed by atoms with van der Waals surface area (Å²) in [7, 11) is -4.04. The van der Waals surface area contributed by atoms with Crippen molar-refractivity contribution in [2.75, 3.05) is 19.7 Å². The molecule has 0 fully saturated rings. The number of aliphatic hydroxyl groups excluding tert-OH is 1. The minimum absolute atomic E-state index is 0.0185. The zero-order valence-electron chi connectivity index (χ0n) is 28.6. The quantitative estimate of drug-likeness (QED) is 0.138. The van der Waals surface area contributed by atoms with E-state index in [9.17, 15) is 18.3 Å². The summed E-state index contributed by atoms with van der Waals surface area (Å²) in [5.41, 5.74) is 5.34. The van der Waals surface area contributed by atoms with Crippen molar-refractivity contribution in [2.45, 2.75) is 64.1 Å². The highest BCUT2D eigenvalue weighted by atomic mass is 32.2. The molecule has 0 saturated heterocycles. The van der Waals surface area contributed by atoms with Gasteiger partial charge in [0, 0.05) is 19.6 Å². The zero-order chi connectivity index (χ0) is 35.0. The van der Waals surface area contributed by atoms with Crippen LogP contribution in [0.25, 0.3) is 11.0 Å². The van der Waals surface area contributed by atoms with Gasteiger partial charge in [-0.15, -0.1) is 0 Å². The molecule has 0 spiro atoms. The van der Waals surface area contributed by atoms with Gasteiger partial charge >= 0.3 is 0 Å². The maximum atomic E-state index is 14.3. The zero-order valence-corrected chi connectivity index (χ0v) is 29.4. The number of rotatable bonds is 16. The van der Waals surface area contributed by atoms with Crippen molar-refractivity contribution in [3.8, 4) is 5.75 Å². The molecule has 258 valence electrons. The summed E-state index contributed by atoms with van der Waals surface area (Å²) < 4.78 is 37.7. The Labute approximate surface area is 289 Å². The monoisotopic (exact) mass is 682 g/mol. The Balaban J connectivity index is 1.36. The summed E-state index contributed by atoms with van der Waals surface area (Å²) in [6.45, 7) is 8.09. The van der Waals surface area contributed by atoms with Crippen molar-refractivity contribution in [1.29, 1.82) is 0 Å². The number of para-hydroxylation sites is 1. The Hall–Kier alpha value is -4.51. The van der Waals surface area contributed by atoms with Crippen molar-refractivity contribution < 1.29 is 23.1 Å². The van der Waals surface area contributed by atoms with E-state index in [1.165, 1.54) is 9.87 Å². The van der Waals surface area contributed by atoms with E-state index in [-0.39, 0.29) is 30.5 Å². The number of nitrogens with zero attached hydrogens (tertiary/aromatic N) is 3. The maximum Gasteiger partial charge on any atom is 0.258 e. The number of amides is 1. The molecule has 49 heavy (non-hydrogen) atoms. The lowest BCUT2D eigenvalue weighted by Crippen LogP contribution is -2.52. The van der Waals surface area contributed by atoms with Gasteiger partial charge < -0.3 is 19.7 Å². The molecule has 4 aromatic carbocycles. The molecule has 1 heterocycles. The molecule has 0 unspecified atom stereocenters. The van der Waals surface area contributed by atoms with Gasteiger partial charge in [0.1, 0.15) is 5.75 Å². The first kappa shape index (κ1) is 35.8. The van der Waals surface area contributed by atoms with Crippen LogP contribution in [0.15, 0.2) is 108 Å². The molecule has 5 aromatic rings. The number of imidazole rings is 1. The highest BCUT2D eigenvalue weighted by molar-refractivity contribution is 7.89. The first-order valence-corrected chi connectivity index (χ1v) is 18.1. The number of aromatic nitrogens is 2. The molecular weight excluding hydrogens is 637 g/mol. The molecule has 10 heteroatoms. The van der Waals surface area contributed by atoms with Gasteiger partial charge in [-0.3, -0.25) is 4.79 Å². The van der Waals surface area contributed by atoms with E-state index in [0.717, 1.165) is 28.6 Å². The van der Waals surface area contributed by atoms with Crippen LogP contribution in [0, 0.1) is 19.8 Å². The predicted molar refractivity (Wildman–Crippen MR) is 193 cm³/mol. The number of nitrogens with one attached hydrogen (secondary N) is 1. The van der Waals surface area contributed by atoms with E-state index in [2.05, 4.69) is 22.4 Å². The fourth-order valence-electron chi connectivity index (χ4n) is 6.00. The van der Waals surface area contributed by atoms with Gasteiger partial charge in [-0.25, -0.2) is 13.4 Å². The summed E-state index contributed by atoms with van der Waals surface area (Å²) in [6, 6.07) is 29.6. The Bertz CT molecular complexity index is 1920. The molecule has 1 aromatic heterocycles. The van der Waals surface area contributed by atoms with Crippen molar-refractivity contribution in [3.63, 3.8) is 0 Å². The topological polar surface area (TPSA) is 114 Å². The van der Waals surface area contributed by atoms with Crippen LogP contribution in [0.4, 0.5) is 0 Å². The van der Waals surface area contributed by atoms with Gasteiger partial charge in [0.25, 0.3) is 5.91 Å². The summed E-state index contributed by atoms with van der Waals surface area (Å²) in [5, 5.41) is 14.6. The third-order valence-electron chi connectivity index (χ3n) is 8.54. The average molecular weight is 683 g/mol. The van der Waals surface area contributed by atoms with Gasteiger partial charge in [-0.1, -0.05) is 92.7 Å². The largest absolute Gasteiger partial charge is 0.483 e. The number of carbonyl (C=O) groups excluding carboxylic acids is 1. The lowest BCUT2D eigenvalue weighted by molar-refractivity contribution is -0.124. The molecule has 2 N–H and O–H groups in total. The fraction of sp³-hybridized carbons (Fsp3) is 0.333. The van der Waals surface area contributed by atoms with Crippen LogP contribution in [-0.2, 0) is 34.2 Å². The van der Waals surface area contributed by atoms with E-state index >= 15 is 0 Å². The lowest BCUT2D eigenvalue weighted by atomic mass is 10.0. The number of aliphatic hydroxyl groups is 1. The minimum Gasteiger partial charge on any atom is -0.483 e. The number of fused-ring (bicyclic) bond motifs is 1. The van der Waals surface area contributed by atoms with Crippen LogP contribution in [0.3, 0.4) is 0 Å². The molecular formula is C39H46N4O5S. The molecule has 0 aliphatic rings. The number of ether oxygens (including phenoxy) is 1. The second-order valence-corrected chi connectivity index (χ2v) is 14.9. The van der Waals surface area contributed by atoms with E-state index in [1.807, 2.05) is 99.0 Å². The highest BCUT2D eigenvalue weighted by Gasteiger charge is 2.32. The van der Waals surface area contributed by atoms with E-state index in [0.29, 0.717) is 24.2 Å². The number of hydrogen-bond acceptors (Lipinski definition) is 6. The Morgan fingerprint density at radius 1 is 0.898 bits per heavy atom. The summed E-state index contributed by atoms with van der Waals surface area (Å²) >= 11 is 0. The molecule has 5 rings (SSSR count). The number of aryl methyl sites for hydroxylation is 4. The van der Waals surface area contributed by atoms with Gasteiger partial charge in [-0.2, -0.15) is 4.31 Å². The minimum atomic E-state index is -4.04. The Morgan fingerprint density at radius 3 is 2.20 bits per heavy atom. The van der Waals surface area contributed by atoms with Crippen LogP contribution < -0.4 is 10.1 Å². The molecule has 0 radical (unpaired) electrons. The van der Waals surface area contributed by atoms with Crippen LogP contribution in [-0.4, -0.2) is 65.1 Å². The standard InChI is InChI=1S/C39H46N4O5S/c1-28(2)24-43(49(46,47)33-18-19-34-36(23-33)42(27-40-34)21-20-31-14-7-5-8-15-31)25-37(44)35(22-32-16-9-6-10-17-32)41-38(45)26-48-39-29(3)12-11-13-30(39)4/h5-19,23,27-28,35,37,44H,20-22,24-26H2,1-4H3,(H,41,45)/t35-,37+/m0/s1. The van der Waals surface area contributed by atoms with Crippen molar-refractivity contribution in [2.24, 2.45) is 5.92 Å². The summed E-state index contributed by atoms with van der Waals surface area (Å²) in [6.07, 6.45) is 1.61. The fourth-order valence-corrected chi connectivity index (χ4v) is 7.64. The molecule has 2 atom stereocenters. The van der Waals surface area contributed by atoms with Crippen molar-refractivity contribution >= 4 is 27.0 Å². The molecule has 0 aliphatic carbocycles. The van der Waals surface area contributed by atoms with E-state index in [4.69, 9.17) is 4.74 Å². The number of hydrogen-bond donors (Lipinski definition) is 2. The van der Waals surface area contributed by atoms with E-state index < -0.39 is 28.1 Å². The summed E-state index contributed by atoms with van der Waals surface area (Å²) in [5.74, 6) is 0.218. The second kappa shape index (κ2) is 16.3. The predicted octanol–water partition coefficient (Wildman–Crippen LogP) is 5.71. The smallest absolute Gasteiger partial charge is 0.258 e. The molecule has 9 nitrogen and oxygen atoms in total. The van der Waals surface area contributed by atoms with Crippen LogP contribution >= 0.6 is 0 Å². The second-order valence-electron chi connectivity index (χ2n) is 13.0. The lowest BCUT2D eigenvalue weighted by Gasteiger charge is -2.31. The first-order chi connectivity index (χ1) is 23.5. The van der Waals surface area contributed by atoms with E-state index in [1.54, 1.807) is 24.5 Å². The molecule has 1 amide bonds. The third kappa shape index (κ3) is 9.35. The first-order valence-electron chi connectivity index (χ1n) is 16.7. The van der Waals surface area contributed by atoms with Crippen molar-refractivity contribution in [3.05, 3.63) is 126 Å². The van der Waals surface area contributed by atoms with Gasteiger partial charge in [0.05, 0.1) is 34.4 Å². The third-order valence-corrected chi connectivity index (χ3v) is 10.4.